The van der Waals surface area contributed by atoms with Gasteiger partial charge in [-0.1, -0.05) is 24.3 Å². The highest BCUT2D eigenvalue weighted by Crippen LogP contribution is 2.17. The lowest BCUT2D eigenvalue weighted by atomic mass is 9.94. The van der Waals surface area contributed by atoms with Crippen molar-refractivity contribution in [2.45, 2.75) is 25.7 Å². The summed E-state index contributed by atoms with van der Waals surface area (Å²) in [6.07, 6.45) is 9.55. The molecule has 2 nitrogen and oxygen atoms in total. The number of nitrogens with one attached hydrogen (secondary N) is 1. The van der Waals surface area contributed by atoms with Crippen molar-refractivity contribution >= 4 is 0 Å². The maximum absolute atomic E-state index is 5.15. The molecule has 0 radical (unpaired) electrons. The molecule has 1 aliphatic rings. The minimum Gasteiger partial charge on any atom is -0.497 e. The third-order valence-corrected chi connectivity index (χ3v) is 3.56. The molecule has 0 aliphatic heterocycles. The van der Waals surface area contributed by atoms with Crippen LogP contribution in [-0.4, -0.2) is 20.2 Å². The Morgan fingerprint density at radius 2 is 2.06 bits per heavy atom. The second-order valence-corrected chi connectivity index (χ2v) is 4.95. The Hall–Kier alpha value is -1.28. The van der Waals surface area contributed by atoms with Crippen molar-refractivity contribution in [3.05, 3.63) is 42.0 Å². The van der Waals surface area contributed by atoms with Crippen LogP contribution in [-0.2, 0) is 6.42 Å². The van der Waals surface area contributed by atoms with E-state index in [1.165, 1.54) is 24.8 Å². The molecule has 0 fully saturated rings. The molecular formula is C16H23NO. The average Bonchev–Trinajstić information content (AvgIpc) is 2.45. The highest BCUT2D eigenvalue weighted by atomic mass is 16.5. The molecule has 1 aliphatic carbocycles. The van der Waals surface area contributed by atoms with Crippen molar-refractivity contribution in [3.63, 3.8) is 0 Å². The van der Waals surface area contributed by atoms with E-state index >= 15 is 0 Å². The van der Waals surface area contributed by atoms with Gasteiger partial charge in [-0.25, -0.2) is 0 Å². The molecule has 0 spiro atoms. The summed E-state index contributed by atoms with van der Waals surface area (Å²) < 4.78 is 5.15. The molecule has 1 N–H and O–H groups in total. The SMILES string of the molecule is COc1ccc(CCNCC2CC=CCC2)cc1. The van der Waals surface area contributed by atoms with Crippen molar-refractivity contribution in [3.8, 4) is 5.75 Å². The van der Waals surface area contributed by atoms with Crippen LogP contribution in [0.3, 0.4) is 0 Å². The zero-order valence-electron chi connectivity index (χ0n) is 11.2. The first-order valence-electron chi connectivity index (χ1n) is 6.87. The molecule has 2 heteroatoms. The van der Waals surface area contributed by atoms with E-state index in [4.69, 9.17) is 4.74 Å². The number of allylic oxidation sites excluding steroid dienone is 2. The summed E-state index contributed by atoms with van der Waals surface area (Å²) >= 11 is 0. The molecule has 0 bridgehead atoms. The predicted octanol–water partition coefficient (Wildman–Crippen LogP) is 3.18. The molecule has 0 amide bonds. The van der Waals surface area contributed by atoms with Crippen molar-refractivity contribution in [1.82, 2.24) is 5.32 Å². The summed E-state index contributed by atoms with van der Waals surface area (Å²) in [4.78, 5) is 0. The largest absolute Gasteiger partial charge is 0.497 e. The topological polar surface area (TPSA) is 21.3 Å². The Morgan fingerprint density at radius 3 is 2.72 bits per heavy atom. The van der Waals surface area contributed by atoms with Crippen LogP contribution < -0.4 is 10.1 Å². The number of hydrogen-bond donors (Lipinski definition) is 1. The van der Waals surface area contributed by atoms with E-state index in [9.17, 15) is 0 Å². The lowest BCUT2D eigenvalue weighted by molar-refractivity contribution is 0.414. The maximum Gasteiger partial charge on any atom is 0.118 e. The first kappa shape index (κ1) is 13.2. The molecule has 0 aromatic heterocycles. The van der Waals surface area contributed by atoms with Gasteiger partial charge in [0.1, 0.15) is 5.75 Å². The van der Waals surface area contributed by atoms with Crippen LogP contribution >= 0.6 is 0 Å². The second kappa shape index (κ2) is 7.22. The smallest absolute Gasteiger partial charge is 0.118 e. The number of ether oxygens (including phenoxy) is 1. The molecule has 2 rings (SSSR count). The van der Waals surface area contributed by atoms with E-state index in [1.54, 1.807) is 7.11 Å². The minimum absolute atomic E-state index is 0.839. The van der Waals surface area contributed by atoms with Gasteiger partial charge in [-0.05, 0) is 62.4 Å². The number of methoxy groups -OCH3 is 1. The van der Waals surface area contributed by atoms with Gasteiger partial charge >= 0.3 is 0 Å². The van der Waals surface area contributed by atoms with Crippen LogP contribution in [0.2, 0.25) is 0 Å². The summed E-state index contributed by atoms with van der Waals surface area (Å²) in [7, 11) is 1.70. The summed E-state index contributed by atoms with van der Waals surface area (Å²) in [5.41, 5.74) is 1.37. The fraction of sp³-hybridized carbons (Fsp3) is 0.500. The van der Waals surface area contributed by atoms with Gasteiger partial charge in [0.05, 0.1) is 7.11 Å². The zero-order valence-corrected chi connectivity index (χ0v) is 11.2. The van der Waals surface area contributed by atoms with Crippen molar-refractivity contribution in [2.75, 3.05) is 20.2 Å². The van der Waals surface area contributed by atoms with Crippen molar-refractivity contribution in [2.24, 2.45) is 5.92 Å². The first-order chi connectivity index (χ1) is 8.88. The van der Waals surface area contributed by atoms with Gasteiger partial charge in [-0.3, -0.25) is 0 Å². The molecule has 1 unspecified atom stereocenters. The summed E-state index contributed by atoms with van der Waals surface area (Å²) in [5, 5.41) is 3.57. The number of rotatable bonds is 6. The molecule has 1 aromatic carbocycles. The highest BCUT2D eigenvalue weighted by molar-refractivity contribution is 5.27. The zero-order chi connectivity index (χ0) is 12.6. The Morgan fingerprint density at radius 1 is 1.22 bits per heavy atom. The quantitative estimate of drug-likeness (QED) is 0.614. The van der Waals surface area contributed by atoms with Gasteiger partial charge in [-0.15, -0.1) is 0 Å². The third kappa shape index (κ3) is 4.19. The fourth-order valence-corrected chi connectivity index (χ4v) is 2.37. The monoisotopic (exact) mass is 245 g/mol. The number of benzene rings is 1. The molecule has 0 saturated carbocycles. The van der Waals surface area contributed by atoms with Gasteiger partial charge in [0.15, 0.2) is 0 Å². The van der Waals surface area contributed by atoms with Crippen molar-refractivity contribution in [1.29, 1.82) is 0 Å². The summed E-state index contributed by atoms with van der Waals surface area (Å²) in [6.45, 7) is 2.22. The Balaban J connectivity index is 1.63. The summed E-state index contributed by atoms with van der Waals surface area (Å²) in [6, 6.07) is 8.34. The molecule has 98 valence electrons. The molecule has 1 atom stereocenters. The fourth-order valence-electron chi connectivity index (χ4n) is 2.37. The minimum atomic E-state index is 0.839. The Bertz CT molecular complexity index is 369. The lowest BCUT2D eigenvalue weighted by Crippen LogP contribution is -2.25. The van der Waals surface area contributed by atoms with E-state index in [1.807, 2.05) is 12.1 Å². The molecule has 18 heavy (non-hydrogen) atoms. The number of hydrogen-bond acceptors (Lipinski definition) is 2. The van der Waals surface area contributed by atoms with E-state index < -0.39 is 0 Å². The second-order valence-electron chi connectivity index (χ2n) is 4.95. The average molecular weight is 245 g/mol. The van der Waals surface area contributed by atoms with Crippen LogP contribution in [0.4, 0.5) is 0 Å². The van der Waals surface area contributed by atoms with E-state index in [0.717, 1.165) is 31.2 Å². The van der Waals surface area contributed by atoms with Crippen LogP contribution in [0.5, 0.6) is 5.75 Å². The molecule has 0 saturated heterocycles. The van der Waals surface area contributed by atoms with Gasteiger partial charge in [-0.2, -0.15) is 0 Å². The normalized spacial score (nSPS) is 18.8. The van der Waals surface area contributed by atoms with Gasteiger partial charge in [0.25, 0.3) is 0 Å². The van der Waals surface area contributed by atoms with E-state index in [-0.39, 0.29) is 0 Å². The molecule has 0 heterocycles. The lowest BCUT2D eigenvalue weighted by Gasteiger charge is -2.18. The standard InChI is InChI=1S/C16H23NO/c1-18-16-9-7-14(8-10-16)11-12-17-13-15-5-3-2-4-6-15/h2-3,7-10,15,17H,4-6,11-13H2,1H3. The van der Waals surface area contributed by atoms with Crippen LogP contribution in [0, 0.1) is 5.92 Å². The van der Waals surface area contributed by atoms with Crippen molar-refractivity contribution < 1.29 is 4.74 Å². The van der Waals surface area contributed by atoms with Crippen LogP contribution in [0.15, 0.2) is 36.4 Å². The first-order valence-corrected chi connectivity index (χ1v) is 6.87. The predicted molar refractivity (Wildman–Crippen MR) is 76.0 cm³/mol. The van der Waals surface area contributed by atoms with E-state index in [0.29, 0.717) is 0 Å². The molecule has 1 aromatic rings. The molecular weight excluding hydrogens is 222 g/mol. The third-order valence-electron chi connectivity index (χ3n) is 3.56. The van der Waals surface area contributed by atoms with E-state index in [2.05, 4.69) is 29.6 Å². The highest BCUT2D eigenvalue weighted by Gasteiger charge is 2.08. The maximum atomic E-state index is 5.15. The van der Waals surface area contributed by atoms with Gasteiger partial charge in [0.2, 0.25) is 0 Å². The van der Waals surface area contributed by atoms with Gasteiger partial charge < -0.3 is 10.1 Å². The van der Waals surface area contributed by atoms with Crippen LogP contribution in [0.1, 0.15) is 24.8 Å². The summed E-state index contributed by atoms with van der Waals surface area (Å²) in [5.74, 6) is 1.77. The Kier molecular flexibility index (Phi) is 5.28. The van der Waals surface area contributed by atoms with Crippen LogP contribution in [0.25, 0.3) is 0 Å². The Labute approximate surface area is 110 Å². The van der Waals surface area contributed by atoms with Gasteiger partial charge in [0, 0.05) is 0 Å².